The normalized spacial score (nSPS) is 20.9. The molecule has 0 saturated heterocycles. The first-order chi connectivity index (χ1) is 11.1. The van der Waals surface area contributed by atoms with Gasteiger partial charge in [0.25, 0.3) is 0 Å². The summed E-state index contributed by atoms with van der Waals surface area (Å²) in [5, 5.41) is 16.4. The first-order valence-corrected chi connectivity index (χ1v) is 8.57. The summed E-state index contributed by atoms with van der Waals surface area (Å²) < 4.78 is 0. The molecule has 1 aliphatic rings. The molecule has 0 radical (unpaired) electrons. The van der Waals surface area contributed by atoms with Crippen LogP contribution in [0.2, 0.25) is 0 Å². The van der Waals surface area contributed by atoms with Gasteiger partial charge in [0, 0.05) is 32.4 Å². The molecule has 5 nitrogen and oxygen atoms in total. The predicted octanol–water partition coefficient (Wildman–Crippen LogP) is 2.73. The lowest BCUT2D eigenvalue weighted by molar-refractivity contribution is 0.120. The second-order valence-electron chi connectivity index (χ2n) is 6.41. The van der Waals surface area contributed by atoms with Crippen molar-refractivity contribution in [2.75, 3.05) is 25.5 Å². The van der Waals surface area contributed by atoms with E-state index in [1.165, 1.54) is 11.3 Å². The van der Waals surface area contributed by atoms with Gasteiger partial charge in [-0.25, -0.2) is 4.99 Å². The molecule has 0 heterocycles. The van der Waals surface area contributed by atoms with Crippen molar-refractivity contribution in [2.45, 2.75) is 51.3 Å². The van der Waals surface area contributed by atoms with E-state index in [1.807, 2.05) is 14.1 Å². The number of hydrogen-bond donors (Lipinski definition) is 3. The molecule has 0 unspecified atom stereocenters. The zero-order valence-electron chi connectivity index (χ0n) is 15.0. The Morgan fingerprint density at radius 3 is 2.33 bits per heavy atom. The van der Waals surface area contributed by atoms with Crippen LogP contribution in [0.5, 0.6) is 0 Å². The highest BCUT2D eigenvalue weighted by atomic mass is 127. The minimum Gasteiger partial charge on any atom is -0.393 e. The number of aliphatic imine (C=N–C) groups is 1. The summed E-state index contributed by atoms with van der Waals surface area (Å²) in [6.07, 6.45) is 3.64. The van der Waals surface area contributed by atoms with Gasteiger partial charge in [-0.15, -0.1) is 24.0 Å². The quantitative estimate of drug-likeness (QED) is 0.370. The molecule has 136 valence electrons. The van der Waals surface area contributed by atoms with Crippen LogP contribution in [0.4, 0.5) is 5.69 Å². The first-order valence-electron chi connectivity index (χ1n) is 8.57. The third-order valence-corrected chi connectivity index (χ3v) is 4.25. The lowest BCUT2D eigenvalue weighted by atomic mass is 9.93. The van der Waals surface area contributed by atoms with Crippen molar-refractivity contribution >= 4 is 35.6 Å². The zero-order chi connectivity index (χ0) is 16.7. The summed E-state index contributed by atoms with van der Waals surface area (Å²) in [6, 6.07) is 8.90. The lowest BCUT2D eigenvalue weighted by Gasteiger charge is -2.27. The molecule has 1 aromatic carbocycles. The largest absolute Gasteiger partial charge is 0.393 e. The van der Waals surface area contributed by atoms with Crippen LogP contribution in [0.25, 0.3) is 0 Å². The molecule has 0 aromatic heterocycles. The van der Waals surface area contributed by atoms with E-state index in [1.54, 1.807) is 0 Å². The third-order valence-electron chi connectivity index (χ3n) is 4.25. The minimum absolute atomic E-state index is 0. The average Bonchev–Trinajstić information content (AvgIpc) is 2.55. The van der Waals surface area contributed by atoms with Crippen LogP contribution in [0.3, 0.4) is 0 Å². The molecule has 6 heteroatoms. The zero-order valence-corrected chi connectivity index (χ0v) is 17.3. The van der Waals surface area contributed by atoms with E-state index in [4.69, 9.17) is 0 Å². The van der Waals surface area contributed by atoms with Crippen LogP contribution >= 0.6 is 24.0 Å². The highest BCUT2D eigenvalue weighted by molar-refractivity contribution is 14.0. The van der Waals surface area contributed by atoms with E-state index >= 15 is 0 Å². The van der Waals surface area contributed by atoms with Gasteiger partial charge in [-0.2, -0.15) is 0 Å². The average molecular weight is 446 g/mol. The van der Waals surface area contributed by atoms with Crippen LogP contribution in [0.15, 0.2) is 29.3 Å². The van der Waals surface area contributed by atoms with Crippen LogP contribution < -0.4 is 15.5 Å². The maximum Gasteiger partial charge on any atom is 0.191 e. The summed E-state index contributed by atoms with van der Waals surface area (Å²) in [6.45, 7) is 3.59. The maximum atomic E-state index is 9.60. The SMILES string of the molecule is CCNC(=NCc1ccc(N(C)C)cc1)NC1CCC(O)CC1.I. The number of guanidine groups is 1. The number of benzene rings is 1. The van der Waals surface area contributed by atoms with Gasteiger partial charge in [-0.3, -0.25) is 0 Å². The number of nitrogens with zero attached hydrogens (tertiary/aromatic N) is 2. The fraction of sp³-hybridized carbons (Fsp3) is 0.611. The van der Waals surface area contributed by atoms with Gasteiger partial charge >= 0.3 is 0 Å². The molecule has 1 aromatic rings. The Morgan fingerprint density at radius 1 is 1.17 bits per heavy atom. The molecule has 3 N–H and O–H groups in total. The van der Waals surface area contributed by atoms with Gasteiger partial charge < -0.3 is 20.6 Å². The molecular formula is C18H31IN4O. The molecule has 24 heavy (non-hydrogen) atoms. The van der Waals surface area contributed by atoms with Crippen molar-refractivity contribution < 1.29 is 5.11 Å². The topological polar surface area (TPSA) is 59.9 Å². The maximum absolute atomic E-state index is 9.60. The van der Waals surface area contributed by atoms with Crippen molar-refractivity contribution in [3.05, 3.63) is 29.8 Å². The summed E-state index contributed by atoms with van der Waals surface area (Å²) in [5.74, 6) is 0.866. The molecular weight excluding hydrogens is 415 g/mol. The molecule has 1 aliphatic carbocycles. The molecule has 0 spiro atoms. The molecule has 2 rings (SSSR count). The van der Waals surface area contributed by atoms with Gasteiger partial charge in [-0.05, 0) is 50.3 Å². The third kappa shape index (κ3) is 6.84. The monoisotopic (exact) mass is 446 g/mol. The summed E-state index contributed by atoms with van der Waals surface area (Å²) in [5.41, 5.74) is 2.40. The van der Waals surface area contributed by atoms with Crippen molar-refractivity contribution in [2.24, 2.45) is 4.99 Å². The van der Waals surface area contributed by atoms with E-state index in [-0.39, 0.29) is 30.1 Å². The van der Waals surface area contributed by atoms with Crippen molar-refractivity contribution in [1.29, 1.82) is 0 Å². The number of aliphatic hydroxyl groups is 1. The van der Waals surface area contributed by atoms with Gasteiger partial charge in [0.1, 0.15) is 0 Å². The molecule has 1 saturated carbocycles. The second kappa shape index (κ2) is 10.8. The van der Waals surface area contributed by atoms with Gasteiger partial charge in [0.2, 0.25) is 0 Å². The fourth-order valence-electron chi connectivity index (χ4n) is 2.80. The van der Waals surface area contributed by atoms with Crippen LogP contribution in [0.1, 0.15) is 38.2 Å². The minimum atomic E-state index is -0.122. The van der Waals surface area contributed by atoms with Crippen molar-refractivity contribution in [1.82, 2.24) is 10.6 Å². The highest BCUT2D eigenvalue weighted by Gasteiger charge is 2.19. The van der Waals surface area contributed by atoms with Crippen LogP contribution in [-0.2, 0) is 6.54 Å². The van der Waals surface area contributed by atoms with Gasteiger partial charge in [0.15, 0.2) is 5.96 Å². The smallest absolute Gasteiger partial charge is 0.191 e. The van der Waals surface area contributed by atoms with E-state index in [0.717, 1.165) is 38.2 Å². The fourth-order valence-corrected chi connectivity index (χ4v) is 2.80. The van der Waals surface area contributed by atoms with Crippen molar-refractivity contribution in [3.8, 4) is 0 Å². The predicted molar refractivity (Wildman–Crippen MR) is 112 cm³/mol. The van der Waals surface area contributed by atoms with Crippen molar-refractivity contribution in [3.63, 3.8) is 0 Å². The summed E-state index contributed by atoms with van der Waals surface area (Å²) >= 11 is 0. The second-order valence-corrected chi connectivity index (χ2v) is 6.41. The molecule has 0 atom stereocenters. The molecule has 1 fully saturated rings. The summed E-state index contributed by atoms with van der Waals surface area (Å²) in [7, 11) is 4.09. The van der Waals surface area contributed by atoms with Gasteiger partial charge in [0.05, 0.1) is 12.6 Å². The Morgan fingerprint density at radius 2 is 1.79 bits per heavy atom. The Balaban J connectivity index is 0.00000288. The van der Waals surface area contributed by atoms with Crippen LogP contribution in [-0.4, -0.2) is 43.9 Å². The molecule has 0 aliphatic heterocycles. The molecule has 0 amide bonds. The van der Waals surface area contributed by atoms with Gasteiger partial charge in [-0.1, -0.05) is 12.1 Å². The number of aliphatic hydroxyl groups excluding tert-OH is 1. The molecule has 0 bridgehead atoms. The number of halogens is 1. The van der Waals surface area contributed by atoms with E-state index in [0.29, 0.717) is 12.6 Å². The highest BCUT2D eigenvalue weighted by Crippen LogP contribution is 2.18. The Kier molecular flexibility index (Phi) is 9.43. The number of hydrogen-bond acceptors (Lipinski definition) is 3. The van der Waals surface area contributed by atoms with E-state index in [9.17, 15) is 5.11 Å². The number of anilines is 1. The number of nitrogens with one attached hydrogen (secondary N) is 2. The first kappa shape index (κ1) is 21.0. The Labute approximate surface area is 162 Å². The van der Waals surface area contributed by atoms with E-state index in [2.05, 4.69) is 51.7 Å². The number of rotatable bonds is 5. The van der Waals surface area contributed by atoms with E-state index < -0.39 is 0 Å². The standard InChI is InChI=1S/C18H30N4O.HI/c1-4-19-18(21-15-7-11-17(23)12-8-15)20-13-14-5-9-16(10-6-14)22(2)3;/h5-6,9-10,15,17,23H,4,7-8,11-13H2,1-3H3,(H2,19,20,21);1H. The van der Waals surface area contributed by atoms with Crippen LogP contribution in [0, 0.1) is 0 Å². The Hall–Kier alpha value is -1.02. The lowest BCUT2D eigenvalue weighted by Crippen LogP contribution is -2.45. The summed E-state index contributed by atoms with van der Waals surface area (Å²) in [4.78, 5) is 6.78. The Bertz CT molecular complexity index is 496.